The van der Waals surface area contributed by atoms with Gasteiger partial charge in [0.2, 0.25) is 11.7 Å². The van der Waals surface area contributed by atoms with Crippen molar-refractivity contribution in [3.63, 3.8) is 0 Å². The molecule has 2 heterocycles. The molecule has 0 radical (unpaired) electrons. The first-order chi connectivity index (χ1) is 7.90. The number of hydrogen-bond donors (Lipinski definition) is 1. The summed E-state index contributed by atoms with van der Waals surface area (Å²) in [7, 11) is 0. The number of nitrogens with zero attached hydrogens (tertiary/aromatic N) is 2. The van der Waals surface area contributed by atoms with Crippen molar-refractivity contribution < 1.29 is 8.94 Å². The summed E-state index contributed by atoms with van der Waals surface area (Å²) in [5.41, 5.74) is 5.40. The van der Waals surface area contributed by atoms with E-state index in [9.17, 15) is 0 Å². The van der Waals surface area contributed by atoms with Crippen LogP contribution in [0.1, 0.15) is 12.3 Å². The topological polar surface area (TPSA) is 78.1 Å². The molecule has 2 rings (SSSR count). The Balaban J connectivity index is 1.88. The van der Waals surface area contributed by atoms with Crippen molar-refractivity contribution in [3.05, 3.63) is 24.3 Å². The molecule has 0 bridgehead atoms. The van der Waals surface area contributed by atoms with Gasteiger partial charge in [0.15, 0.2) is 5.76 Å². The predicted molar refractivity (Wildman–Crippen MR) is 61.8 cm³/mol. The molecular formula is C10H13N3O2S. The third-order valence-electron chi connectivity index (χ3n) is 1.93. The lowest BCUT2D eigenvalue weighted by Crippen LogP contribution is -1.99. The molecule has 0 amide bonds. The second-order valence-electron chi connectivity index (χ2n) is 3.18. The first-order valence-corrected chi connectivity index (χ1v) is 6.20. The van der Waals surface area contributed by atoms with Crippen molar-refractivity contribution in [2.24, 2.45) is 5.73 Å². The van der Waals surface area contributed by atoms with Gasteiger partial charge in [-0.2, -0.15) is 16.7 Å². The fraction of sp³-hybridized carbons (Fsp3) is 0.400. The summed E-state index contributed by atoms with van der Waals surface area (Å²) in [6, 6.07) is 3.59. The minimum Gasteiger partial charge on any atom is -0.461 e. The molecule has 0 aromatic carbocycles. The van der Waals surface area contributed by atoms with E-state index in [1.165, 1.54) is 0 Å². The normalized spacial score (nSPS) is 10.8. The number of aromatic nitrogens is 2. The highest BCUT2D eigenvalue weighted by Gasteiger charge is 2.10. The molecule has 0 spiro atoms. The molecule has 0 aliphatic carbocycles. The van der Waals surface area contributed by atoms with E-state index in [1.807, 2.05) is 0 Å². The third kappa shape index (κ3) is 2.86. The van der Waals surface area contributed by atoms with Gasteiger partial charge in [-0.05, 0) is 30.9 Å². The number of hydrogen-bond acceptors (Lipinski definition) is 6. The van der Waals surface area contributed by atoms with Crippen LogP contribution in [0.5, 0.6) is 0 Å². The van der Waals surface area contributed by atoms with E-state index >= 15 is 0 Å². The Bertz CT molecular complexity index is 413. The second kappa shape index (κ2) is 5.72. The Morgan fingerprint density at radius 3 is 3.12 bits per heavy atom. The van der Waals surface area contributed by atoms with Crippen molar-refractivity contribution in [1.29, 1.82) is 0 Å². The lowest BCUT2D eigenvalue weighted by molar-refractivity contribution is 0.390. The van der Waals surface area contributed by atoms with Gasteiger partial charge < -0.3 is 14.7 Å². The molecular weight excluding hydrogens is 226 g/mol. The lowest BCUT2D eigenvalue weighted by atomic mass is 10.4. The zero-order valence-electron chi connectivity index (χ0n) is 8.76. The standard InChI is InChI=1S/C10H13N3O2S/c11-4-2-6-16-7-9-12-10(13-15-9)8-3-1-5-14-8/h1,3,5H,2,4,6-7,11H2. The number of rotatable bonds is 6. The maximum Gasteiger partial charge on any atom is 0.238 e. The average Bonchev–Trinajstić information content (AvgIpc) is 2.94. The minimum atomic E-state index is 0.499. The van der Waals surface area contributed by atoms with Crippen LogP contribution in [0.25, 0.3) is 11.6 Å². The molecule has 86 valence electrons. The molecule has 0 aliphatic heterocycles. The summed E-state index contributed by atoms with van der Waals surface area (Å²) < 4.78 is 10.3. The summed E-state index contributed by atoms with van der Waals surface area (Å²) >= 11 is 1.73. The highest BCUT2D eigenvalue weighted by atomic mass is 32.2. The van der Waals surface area contributed by atoms with E-state index in [2.05, 4.69) is 10.1 Å². The molecule has 2 aromatic heterocycles. The molecule has 0 saturated heterocycles. The smallest absolute Gasteiger partial charge is 0.238 e. The highest BCUT2D eigenvalue weighted by Crippen LogP contribution is 2.18. The first-order valence-electron chi connectivity index (χ1n) is 5.04. The first kappa shape index (κ1) is 11.2. The van der Waals surface area contributed by atoms with Gasteiger partial charge in [-0.15, -0.1) is 0 Å². The third-order valence-corrected chi connectivity index (χ3v) is 2.96. The van der Waals surface area contributed by atoms with E-state index < -0.39 is 0 Å². The Morgan fingerprint density at radius 2 is 2.38 bits per heavy atom. The fourth-order valence-corrected chi connectivity index (χ4v) is 1.97. The summed E-state index contributed by atoms with van der Waals surface area (Å²) in [5.74, 6) is 3.47. The SMILES string of the molecule is NCCCSCc1nc(-c2ccco2)no1. The zero-order chi connectivity index (χ0) is 11.2. The zero-order valence-corrected chi connectivity index (χ0v) is 9.57. The van der Waals surface area contributed by atoms with E-state index in [4.69, 9.17) is 14.7 Å². The molecule has 0 saturated carbocycles. The van der Waals surface area contributed by atoms with Crippen molar-refractivity contribution in [2.45, 2.75) is 12.2 Å². The van der Waals surface area contributed by atoms with Gasteiger partial charge in [0.1, 0.15) is 0 Å². The van der Waals surface area contributed by atoms with Gasteiger partial charge in [-0.3, -0.25) is 0 Å². The summed E-state index contributed by atoms with van der Waals surface area (Å²) in [6.07, 6.45) is 2.59. The Kier molecular flexibility index (Phi) is 4.01. The van der Waals surface area contributed by atoms with E-state index in [-0.39, 0.29) is 0 Å². The fourth-order valence-electron chi connectivity index (χ4n) is 1.16. The molecule has 6 heteroatoms. The van der Waals surface area contributed by atoms with Gasteiger partial charge in [-0.1, -0.05) is 5.16 Å². The van der Waals surface area contributed by atoms with Gasteiger partial charge in [0, 0.05) is 0 Å². The Morgan fingerprint density at radius 1 is 1.44 bits per heavy atom. The number of thioether (sulfide) groups is 1. The maximum atomic E-state index is 5.40. The molecule has 0 atom stereocenters. The van der Waals surface area contributed by atoms with Crippen LogP contribution >= 0.6 is 11.8 Å². The van der Waals surface area contributed by atoms with Crippen LogP contribution in [0.2, 0.25) is 0 Å². The molecule has 0 fully saturated rings. The van der Waals surface area contributed by atoms with Gasteiger partial charge in [-0.25, -0.2) is 0 Å². The van der Waals surface area contributed by atoms with Crippen LogP contribution in [0.4, 0.5) is 0 Å². The van der Waals surface area contributed by atoms with Crippen molar-refractivity contribution in [3.8, 4) is 11.6 Å². The molecule has 5 nitrogen and oxygen atoms in total. The van der Waals surface area contributed by atoms with Gasteiger partial charge >= 0.3 is 0 Å². The second-order valence-corrected chi connectivity index (χ2v) is 4.29. The summed E-state index contributed by atoms with van der Waals surface area (Å²) in [5, 5.41) is 3.84. The van der Waals surface area contributed by atoms with Crippen LogP contribution in [0.3, 0.4) is 0 Å². The number of furan rings is 1. The van der Waals surface area contributed by atoms with Crippen molar-refractivity contribution in [1.82, 2.24) is 10.1 Å². The summed E-state index contributed by atoms with van der Waals surface area (Å²) in [6.45, 7) is 0.717. The quantitative estimate of drug-likeness (QED) is 0.776. The van der Waals surface area contributed by atoms with E-state index in [0.717, 1.165) is 12.2 Å². The van der Waals surface area contributed by atoms with Gasteiger partial charge in [0.05, 0.1) is 12.0 Å². The van der Waals surface area contributed by atoms with Gasteiger partial charge in [0.25, 0.3) is 0 Å². The molecule has 2 N–H and O–H groups in total. The average molecular weight is 239 g/mol. The van der Waals surface area contributed by atoms with Crippen LogP contribution in [-0.4, -0.2) is 22.4 Å². The number of nitrogens with two attached hydrogens (primary N) is 1. The lowest BCUT2D eigenvalue weighted by Gasteiger charge is -1.94. The molecule has 0 unspecified atom stereocenters. The van der Waals surface area contributed by atoms with Crippen LogP contribution < -0.4 is 5.73 Å². The Hall–Kier alpha value is -1.27. The highest BCUT2D eigenvalue weighted by molar-refractivity contribution is 7.98. The Labute approximate surface area is 97.4 Å². The van der Waals surface area contributed by atoms with Crippen LogP contribution in [-0.2, 0) is 5.75 Å². The molecule has 16 heavy (non-hydrogen) atoms. The van der Waals surface area contributed by atoms with Crippen LogP contribution in [0, 0.1) is 0 Å². The monoisotopic (exact) mass is 239 g/mol. The predicted octanol–water partition coefficient (Wildman–Crippen LogP) is 1.91. The largest absolute Gasteiger partial charge is 0.461 e. The van der Waals surface area contributed by atoms with E-state index in [1.54, 1.807) is 30.2 Å². The van der Waals surface area contributed by atoms with Crippen molar-refractivity contribution >= 4 is 11.8 Å². The molecule has 0 aliphatic rings. The van der Waals surface area contributed by atoms with Crippen LogP contribution in [0.15, 0.2) is 27.3 Å². The maximum absolute atomic E-state index is 5.40. The minimum absolute atomic E-state index is 0.499. The van der Waals surface area contributed by atoms with E-state index in [0.29, 0.717) is 29.8 Å². The molecule has 2 aromatic rings. The summed E-state index contributed by atoms with van der Waals surface area (Å²) in [4.78, 5) is 4.23. The van der Waals surface area contributed by atoms with Crippen molar-refractivity contribution in [2.75, 3.05) is 12.3 Å².